The van der Waals surface area contributed by atoms with Crippen molar-refractivity contribution in [3.8, 4) is 0 Å². The fourth-order valence-corrected chi connectivity index (χ4v) is 4.61. The number of unbranched alkanes of at least 4 members (excludes halogenated alkanes) is 11. The summed E-state index contributed by atoms with van der Waals surface area (Å²) in [6.07, 6.45) is 18.4. The van der Waals surface area contributed by atoms with E-state index in [1.165, 1.54) is 89.0 Å². The molecule has 0 N–H and O–H groups in total. The predicted molar refractivity (Wildman–Crippen MR) is 138 cm³/mol. The molecular formula is C29H54NO+. The van der Waals surface area contributed by atoms with E-state index in [0.29, 0.717) is 6.10 Å². The molecule has 0 saturated carbocycles. The molecular weight excluding hydrogens is 378 g/mol. The SMILES string of the molecule is CCCCCCCCCCCCCCC(C[N+](C)(C)C(C)(C)c1ccccc1)OCC. The molecule has 0 aromatic heterocycles. The van der Waals surface area contributed by atoms with Gasteiger partial charge in [0.2, 0.25) is 0 Å². The fraction of sp³-hybridized carbons (Fsp3) is 0.793. The molecule has 0 bridgehead atoms. The summed E-state index contributed by atoms with van der Waals surface area (Å²) < 4.78 is 7.14. The van der Waals surface area contributed by atoms with Gasteiger partial charge in [0.25, 0.3) is 0 Å². The van der Waals surface area contributed by atoms with Crippen LogP contribution < -0.4 is 0 Å². The van der Waals surface area contributed by atoms with Crippen LogP contribution >= 0.6 is 0 Å². The average Bonchev–Trinajstić information content (AvgIpc) is 2.75. The van der Waals surface area contributed by atoms with Gasteiger partial charge in [-0.15, -0.1) is 0 Å². The monoisotopic (exact) mass is 432 g/mol. The van der Waals surface area contributed by atoms with Crippen LogP contribution in [0, 0.1) is 0 Å². The van der Waals surface area contributed by atoms with Crippen molar-refractivity contribution < 1.29 is 9.22 Å². The number of hydrogen-bond acceptors (Lipinski definition) is 1. The van der Waals surface area contributed by atoms with Crippen LogP contribution in [-0.4, -0.2) is 37.8 Å². The van der Waals surface area contributed by atoms with Crippen LogP contribution in [0.1, 0.15) is 117 Å². The second-order valence-corrected chi connectivity index (χ2v) is 10.5. The third kappa shape index (κ3) is 11.0. The molecule has 1 rings (SSSR count). The number of hydrogen-bond donors (Lipinski definition) is 0. The number of likely N-dealkylation sites (N-methyl/N-ethyl adjacent to an activating group) is 1. The number of rotatable bonds is 19. The minimum atomic E-state index is 0.0626. The van der Waals surface area contributed by atoms with E-state index in [2.05, 4.69) is 72.1 Å². The molecule has 1 atom stereocenters. The van der Waals surface area contributed by atoms with E-state index in [-0.39, 0.29) is 5.54 Å². The van der Waals surface area contributed by atoms with Gasteiger partial charge in [-0.1, -0.05) is 114 Å². The lowest BCUT2D eigenvalue weighted by molar-refractivity contribution is -0.948. The first-order valence-corrected chi connectivity index (χ1v) is 13.4. The summed E-state index contributed by atoms with van der Waals surface area (Å²) in [6.45, 7) is 11.0. The van der Waals surface area contributed by atoms with Gasteiger partial charge in [0.05, 0.1) is 14.1 Å². The first-order chi connectivity index (χ1) is 14.8. The van der Waals surface area contributed by atoms with Crippen LogP contribution in [0.2, 0.25) is 0 Å². The Labute approximate surface area is 195 Å². The Kier molecular flexibility index (Phi) is 14.4. The summed E-state index contributed by atoms with van der Waals surface area (Å²) in [5, 5.41) is 0. The van der Waals surface area contributed by atoms with Crippen molar-refractivity contribution in [1.82, 2.24) is 0 Å². The summed E-state index contributed by atoms with van der Waals surface area (Å²) in [7, 11) is 4.72. The minimum Gasteiger partial charge on any atom is -0.373 e. The maximum Gasteiger partial charge on any atom is 0.119 e. The highest BCUT2D eigenvalue weighted by Gasteiger charge is 2.39. The van der Waals surface area contributed by atoms with Crippen molar-refractivity contribution in [1.29, 1.82) is 0 Å². The van der Waals surface area contributed by atoms with E-state index in [1.807, 2.05) is 0 Å². The van der Waals surface area contributed by atoms with Crippen molar-refractivity contribution in [2.75, 3.05) is 27.2 Å². The van der Waals surface area contributed by atoms with Crippen molar-refractivity contribution in [3.05, 3.63) is 35.9 Å². The standard InChI is InChI=1S/C29H54NO/c1-7-9-10-11-12-13-14-15-16-17-18-22-25-28(31-8-2)26-30(5,6)29(3,4)27-23-20-19-21-24-27/h19-21,23-24,28H,7-18,22,25-26H2,1-6H3/q+1. The fourth-order valence-electron chi connectivity index (χ4n) is 4.61. The van der Waals surface area contributed by atoms with Crippen LogP contribution in [0.3, 0.4) is 0 Å². The van der Waals surface area contributed by atoms with Crippen LogP contribution in [0.4, 0.5) is 0 Å². The number of nitrogens with zero attached hydrogens (tertiary/aromatic N) is 1. The second kappa shape index (κ2) is 15.9. The second-order valence-electron chi connectivity index (χ2n) is 10.5. The van der Waals surface area contributed by atoms with Gasteiger partial charge in [-0.25, -0.2) is 0 Å². The highest BCUT2D eigenvalue weighted by Crippen LogP contribution is 2.32. The van der Waals surface area contributed by atoms with Gasteiger partial charge in [0.1, 0.15) is 18.2 Å². The number of benzene rings is 1. The maximum absolute atomic E-state index is 6.19. The Morgan fingerprint density at radius 3 is 1.71 bits per heavy atom. The summed E-state index contributed by atoms with van der Waals surface area (Å²) in [6, 6.07) is 10.9. The molecule has 1 unspecified atom stereocenters. The molecule has 0 fully saturated rings. The summed E-state index contributed by atoms with van der Waals surface area (Å²) in [5.74, 6) is 0. The number of ether oxygens (including phenoxy) is 1. The van der Waals surface area contributed by atoms with Gasteiger partial charge in [0, 0.05) is 12.2 Å². The van der Waals surface area contributed by atoms with E-state index < -0.39 is 0 Å². The zero-order chi connectivity index (χ0) is 23.0. The van der Waals surface area contributed by atoms with Crippen molar-refractivity contribution >= 4 is 0 Å². The lowest BCUT2D eigenvalue weighted by atomic mass is 9.89. The maximum atomic E-state index is 6.19. The summed E-state index contributed by atoms with van der Waals surface area (Å²) in [4.78, 5) is 0. The third-order valence-electron chi connectivity index (χ3n) is 7.44. The topological polar surface area (TPSA) is 9.23 Å². The Bertz CT molecular complexity index is 537. The van der Waals surface area contributed by atoms with Gasteiger partial charge in [-0.05, 0) is 27.2 Å². The Hall–Kier alpha value is -0.860. The van der Waals surface area contributed by atoms with Crippen molar-refractivity contribution in [2.24, 2.45) is 0 Å². The van der Waals surface area contributed by atoms with Crippen molar-refractivity contribution in [2.45, 2.75) is 123 Å². The van der Waals surface area contributed by atoms with Crippen LogP contribution in [-0.2, 0) is 10.3 Å². The molecule has 31 heavy (non-hydrogen) atoms. The molecule has 1 aromatic rings. The van der Waals surface area contributed by atoms with Gasteiger partial charge >= 0.3 is 0 Å². The van der Waals surface area contributed by atoms with Crippen LogP contribution in [0.25, 0.3) is 0 Å². The molecule has 0 saturated heterocycles. The Morgan fingerprint density at radius 1 is 0.742 bits per heavy atom. The molecule has 0 aliphatic carbocycles. The normalized spacial score (nSPS) is 13.5. The number of quaternary nitrogens is 1. The van der Waals surface area contributed by atoms with Gasteiger partial charge in [0.15, 0.2) is 0 Å². The minimum absolute atomic E-state index is 0.0626. The largest absolute Gasteiger partial charge is 0.373 e. The van der Waals surface area contributed by atoms with E-state index in [9.17, 15) is 0 Å². The van der Waals surface area contributed by atoms with Crippen LogP contribution in [0.5, 0.6) is 0 Å². The van der Waals surface area contributed by atoms with Crippen molar-refractivity contribution in [3.63, 3.8) is 0 Å². The molecule has 180 valence electrons. The predicted octanol–water partition coefficient (Wildman–Crippen LogP) is 8.49. The summed E-state index contributed by atoms with van der Waals surface area (Å²) >= 11 is 0. The average molecular weight is 433 g/mol. The Morgan fingerprint density at radius 2 is 1.23 bits per heavy atom. The third-order valence-corrected chi connectivity index (χ3v) is 7.44. The van der Waals surface area contributed by atoms with Crippen LogP contribution in [0.15, 0.2) is 30.3 Å². The van der Waals surface area contributed by atoms with E-state index >= 15 is 0 Å². The lowest BCUT2D eigenvalue weighted by Gasteiger charge is -2.46. The lowest BCUT2D eigenvalue weighted by Crippen LogP contribution is -2.57. The molecule has 2 heteroatoms. The highest BCUT2D eigenvalue weighted by molar-refractivity contribution is 5.20. The van der Waals surface area contributed by atoms with Gasteiger partial charge in [-0.2, -0.15) is 0 Å². The molecule has 0 spiro atoms. The zero-order valence-corrected chi connectivity index (χ0v) is 21.9. The highest BCUT2D eigenvalue weighted by atomic mass is 16.5. The molecule has 0 radical (unpaired) electrons. The molecule has 1 aromatic carbocycles. The molecule has 0 amide bonds. The Balaban J connectivity index is 2.28. The quantitative estimate of drug-likeness (QED) is 0.157. The molecule has 0 aliphatic heterocycles. The molecule has 0 heterocycles. The zero-order valence-electron chi connectivity index (χ0n) is 21.9. The summed E-state index contributed by atoms with van der Waals surface area (Å²) in [5.41, 5.74) is 1.47. The first-order valence-electron chi connectivity index (χ1n) is 13.4. The van der Waals surface area contributed by atoms with E-state index in [0.717, 1.165) is 17.6 Å². The molecule has 2 nitrogen and oxygen atoms in total. The first kappa shape index (κ1) is 28.2. The van der Waals surface area contributed by atoms with Gasteiger partial charge in [-0.3, -0.25) is 0 Å². The van der Waals surface area contributed by atoms with Gasteiger partial charge < -0.3 is 9.22 Å². The molecule has 0 aliphatic rings. The van der Waals surface area contributed by atoms with E-state index in [1.54, 1.807) is 0 Å². The van der Waals surface area contributed by atoms with E-state index in [4.69, 9.17) is 4.74 Å². The smallest absolute Gasteiger partial charge is 0.119 e.